The maximum atomic E-state index is 14.6. The quantitative estimate of drug-likeness (QED) is 0.748. The number of hydrogen-bond acceptors (Lipinski definition) is 2. The smallest absolute Gasteiger partial charge is 0.129 e. The molecule has 3 atom stereocenters. The normalized spacial score (nSPS) is 23.1. The van der Waals surface area contributed by atoms with Crippen molar-refractivity contribution in [1.82, 2.24) is 0 Å². The molecule has 2 rings (SSSR count). The molecule has 2 nitrogen and oxygen atoms in total. The third kappa shape index (κ3) is 4.18. The molecule has 1 aliphatic heterocycles. The summed E-state index contributed by atoms with van der Waals surface area (Å²) in [6.07, 6.45) is 3.70. The summed E-state index contributed by atoms with van der Waals surface area (Å²) in [5.74, 6) is -0.729. The maximum absolute atomic E-state index is 14.6. The standard InChI is InChI=1S/C19H27F2NO/c1-4-6-7-13(5-2)14-9-17(21)15(10-16(14)20)19-18(22)8-12(3)11-23-19/h9-10,13,18-19H,3-8,11,22H2,1-2H3/t13?,18-,19+/m1/s1. The van der Waals surface area contributed by atoms with E-state index in [4.69, 9.17) is 10.5 Å². The Balaban J connectivity index is 2.27. The van der Waals surface area contributed by atoms with Crippen molar-refractivity contribution < 1.29 is 13.5 Å². The summed E-state index contributed by atoms with van der Waals surface area (Å²) in [6.45, 7) is 8.29. The Labute approximate surface area is 137 Å². The SMILES string of the molecule is C=C1CO[C@@H](c2cc(F)c(C(CC)CCCC)cc2F)[C@H](N)C1. The van der Waals surface area contributed by atoms with Gasteiger partial charge in [0.05, 0.1) is 6.61 Å². The van der Waals surface area contributed by atoms with Gasteiger partial charge in [0.15, 0.2) is 0 Å². The topological polar surface area (TPSA) is 35.2 Å². The van der Waals surface area contributed by atoms with Crippen LogP contribution in [0.5, 0.6) is 0 Å². The highest BCUT2D eigenvalue weighted by molar-refractivity contribution is 5.31. The first kappa shape index (κ1) is 18.1. The lowest BCUT2D eigenvalue weighted by Crippen LogP contribution is -2.36. The van der Waals surface area contributed by atoms with E-state index in [2.05, 4.69) is 13.5 Å². The fourth-order valence-electron chi connectivity index (χ4n) is 3.29. The summed E-state index contributed by atoms with van der Waals surface area (Å²) in [5.41, 5.74) is 7.61. The molecule has 2 N–H and O–H groups in total. The van der Waals surface area contributed by atoms with Crippen molar-refractivity contribution in [2.45, 2.75) is 64.0 Å². The fourth-order valence-corrected chi connectivity index (χ4v) is 3.29. The number of unbranched alkanes of at least 4 members (excludes halogenated alkanes) is 1. The van der Waals surface area contributed by atoms with E-state index in [0.717, 1.165) is 31.3 Å². The zero-order chi connectivity index (χ0) is 17.0. The van der Waals surface area contributed by atoms with Crippen LogP contribution in [0.15, 0.2) is 24.3 Å². The summed E-state index contributed by atoms with van der Waals surface area (Å²) < 4.78 is 34.7. The Bertz CT molecular complexity index is 559. The second kappa shape index (κ2) is 8.02. The molecule has 1 aromatic carbocycles. The molecule has 1 heterocycles. The van der Waals surface area contributed by atoms with Crippen molar-refractivity contribution in [2.24, 2.45) is 5.73 Å². The van der Waals surface area contributed by atoms with Crippen molar-refractivity contribution in [3.05, 3.63) is 47.0 Å². The summed E-state index contributed by atoms with van der Waals surface area (Å²) in [4.78, 5) is 0. The molecule has 1 aliphatic rings. The minimum absolute atomic E-state index is 0.0548. The molecular formula is C19H27F2NO. The van der Waals surface area contributed by atoms with Gasteiger partial charge in [-0.15, -0.1) is 0 Å². The van der Waals surface area contributed by atoms with Gasteiger partial charge in [0.2, 0.25) is 0 Å². The number of hydrogen-bond donors (Lipinski definition) is 1. The highest BCUT2D eigenvalue weighted by Gasteiger charge is 2.30. The number of rotatable bonds is 6. The van der Waals surface area contributed by atoms with Gasteiger partial charge in [-0.05, 0) is 42.9 Å². The molecule has 0 bridgehead atoms. The van der Waals surface area contributed by atoms with Crippen molar-refractivity contribution in [1.29, 1.82) is 0 Å². The third-order valence-corrected chi connectivity index (χ3v) is 4.64. The van der Waals surface area contributed by atoms with Crippen LogP contribution in [0.3, 0.4) is 0 Å². The summed E-state index contributed by atoms with van der Waals surface area (Å²) in [7, 11) is 0. The fraction of sp³-hybridized carbons (Fsp3) is 0.579. The Morgan fingerprint density at radius 2 is 2.04 bits per heavy atom. The van der Waals surface area contributed by atoms with Crippen LogP contribution < -0.4 is 5.73 Å². The van der Waals surface area contributed by atoms with Crippen LogP contribution in [-0.2, 0) is 4.74 Å². The van der Waals surface area contributed by atoms with Gasteiger partial charge >= 0.3 is 0 Å². The van der Waals surface area contributed by atoms with Crippen molar-refractivity contribution in [3.63, 3.8) is 0 Å². The Hall–Kier alpha value is -1.26. The first-order chi connectivity index (χ1) is 11.0. The minimum atomic E-state index is -0.611. The number of nitrogens with two attached hydrogens (primary N) is 1. The van der Waals surface area contributed by atoms with E-state index in [0.29, 0.717) is 18.6 Å². The Kier molecular flexibility index (Phi) is 6.31. The molecule has 0 spiro atoms. The lowest BCUT2D eigenvalue weighted by molar-refractivity contribution is 0.0244. The molecule has 0 radical (unpaired) electrons. The van der Waals surface area contributed by atoms with Crippen LogP contribution in [0.4, 0.5) is 8.78 Å². The molecule has 128 valence electrons. The third-order valence-electron chi connectivity index (χ3n) is 4.64. The van der Waals surface area contributed by atoms with Gasteiger partial charge in [-0.25, -0.2) is 8.78 Å². The predicted molar refractivity (Wildman–Crippen MR) is 89.3 cm³/mol. The Morgan fingerprint density at radius 3 is 2.65 bits per heavy atom. The zero-order valence-electron chi connectivity index (χ0n) is 14.1. The van der Waals surface area contributed by atoms with E-state index < -0.39 is 18.0 Å². The molecule has 0 aliphatic carbocycles. The average Bonchev–Trinajstić information content (AvgIpc) is 2.51. The van der Waals surface area contributed by atoms with Gasteiger partial charge in [-0.3, -0.25) is 0 Å². The van der Waals surface area contributed by atoms with Crippen LogP contribution in [0, 0.1) is 11.6 Å². The van der Waals surface area contributed by atoms with Crippen LogP contribution in [-0.4, -0.2) is 12.6 Å². The van der Waals surface area contributed by atoms with E-state index in [1.54, 1.807) is 0 Å². The summed E-state index contributed by atoms with van der Waals surface area (Å²) >= 11 is 0. The number of benzene rings is 1. The van der Waals surface area contributed by atoms with Gasteiger partial charge in [-0.1, -0.05) is 38.8 Å². The average molecular weight is 323 g/mol. The van der Waals surface area contributed by atoms with Gasteiger partial charge in [0.1, 0.15) is 17.7 Å². The highest BCUT2D eigenvalue weighted by Crippen LogP contribution is 2.35. The summed E-state index contributed by atoms with van der Waals surface area (Å²) in [6, 6.07) is 2.23. The van der Waals surface area contributed by atoms with E-state index in [-0.39, 0.29) is 17.3 Å². The van der Waals surface area contributed by atoms with E-state index in [1.165, 1.54) is 12.1 Å². The van der Waals surface area contributed by atoms with Gasteiger partial charge in [-0.2, -0.15) is 0 Å². The molecule has 0 aromatic heterocycles. The summed E-state index contributed by atoms with van der Waals surface area (Å²) in [5, 5.41) is 0. The lowest BCUT2D eigenvalue weighted by Gasteiger charge is -2.31. The molecular weight excluding hydrogens is 296 g/mol. The van der Waals surface area contributed by atoms with E-state index in [1.807, 2.05) is 6.92 Å². The minimum Gasteiger partial charge on any atom is -0.367 e. The molecule has 1 aromatic rings. The molecule has 1 saturated heterocycles. The number of ether oxygens (including phenoxy) is 1. The molecule has 1 unspecified atom stereocenters. The van der Waals surface area contributed by atoms with Gasteiger partial charge in [0.25, 0.3) is 0 Å². The first-order valence-electron chi connectivity index (χ1n) is 8.50. The van der Waals surface area contributed by atoms with Crippen molar-refractivity contribution >= 4 is 0 Å². The first-order valence-corrected chi connectivity index (χ1v) is 8.50. The largest absolute Gasteiger partial charge is 0.367 e. The monoisotopic (exact) mass is 323 g/mol. The lowest BCUT2D eigenvalue weighted by atomic mass is 9.88. The maximum Gasteiger partial charge on any atom is 0.129 e. The predicted octanol–water partition coefficient (Wildman–Crippen LogP) is 4.99. The second-order valence-electron chi connectivity index (χ2n) is 6.49. The molecule has 0 amide bonds. The van der Waals surface area contributed by atoms with E-state index in [9.17, 15) is 8.78 Å². The molecule has 1 fully saturated rings. The van der Waals surface area contributed by atoms with Crippen molar-refractivity contribution in [3.8, 4) is 0 Å². The number of halogens is 2. The van der Waals surface area contributed by atoms with Crippen molar-refractivity contribution in [2.75, 3.05) is 6.61 Å². The van der Waals surface area contributed by atoms with Crippen LogP contribution >= 0.6 is 0 Å². The Morgan fingerprint density at radius 1 is 1.30 bits per heavy atom. The van der Waals surface area contributed by atoms with Crippen LogP contribution in [0.2, 0.25) is 0 Å². The van der Waals surface area contributed by atoms with Crippen LogP contribution in [0.1, 0.15) is 69.1 Å². The molecule has 23 heavy (non-hydrogen) atoms. The van der Waals surface area contributed by atoms with Crippen LogP contribution in [0.25, 0.3) is 0 Å². The molecule has 0 saturated carbocycles. The second-order valence-corrected chi connectivity index (χ2v) is 6.49. The van der Waals surface area contributed by atoms with Gasteiger partial charge < -0.3 is 10.5 Å². The zero-order valence-corrected chi connectivity index (χ0v) is 14.1. The highest BCUT2D eigenvalue weighted by atomic mass is 19.1. The van der Waals surface area contributed by atoms with E-state index >= 15 is 0 Å². The van der Waals surface area contributed by atoms with Gasteiger partial charge in [0, 0.05) is 11.6 Å². The molecule has 4 heteroatoms.